The van der Waals surface area contributed by atoms with E-state index in [9.17, 15) is 9.90 Å². The molecule has 1 aliphatic heterocycles. The predicted molar refractivity (Wildman–Crippen MR) is 84.7 cm³/mol. The number of carbonyl (C=O) groups is 1. The summed E-state index contributed by atoms with van der Waals surface area (Å²) in [7, 11) is 0. The van der Waals surface area contributed by atoms with Crippen LogP contribution in [0.1, 0.15) is 59.3 Å². The van der Waals surface area contributed by atoms with Crippen LogP contribution in [-0.4, -0.2) is 42.7 Å². The Labute approximate surface area is 133 Å². The maximum atomic E-state index is 11.9. The van der Waals surface area contributed by atoms with Gasteiger partial charge in [0.1, 0.15) is 5.60 Å². The number of hydrogen-bond acceptors (Lipinski definition) is 4. The van der Waals surface area contributed by atoms with E-state index in [2.05, 4.69) is 5.32 Å². The SMILES string of the molecule is CC(C)(C)OC(=O)NCC(CO)(CCC1CCCO1)C1CC1. The summed E-state index contributed by atoms with van der Waals surface area (Å²) < 4.78 is 11.0. The molecule has 0 aromatic rings. The van der Waals surface area contributed by atoms with Gasteiger partial charge in [-0.3, -0.25) is 0 Å². The smallest absolute Gasteiger partial charge is 0.407 e. The van der Waals surface area contributed by atoms with E-state index in [0.717, 1.165) is 45.1 Å². The summed E-state index contributed by atoms with van der Waals surface area (Å²) in [5.41, 5.74) is -0.716. The first-order chi connectivity index (χ1) is 10.3. The van der Waals surface area contributed by atoms with Crippen molar-refractivity contribution < 1.29 is 19.4 Å². The minimum atomic E-state index is -0.497. The van der Waals surface area contributed by atoms with Gasteiger partial charge in [-0.1, -0.05) is 0 Å². The number of alkyl carbamates (subject to hydrolysis) is 1. The van der Waals surface area contributed by atoms with Gasteiger partial charge in [0.05, 0.1) is 12.7 Å². The molecule has 2 N–H and O–H groups in total. The van der Waals surface area contributed by atoms with Crippen molar-refractivity contribution >= 4 is 6.09 Å². The zero-order valence-electron chi connectivity index (χ0n) is 14.2. The lowest BCUT2D eigenvalue weighted by Crippen LogP contribution is -2.44. The van der Waals surface area contributed by atoms with Crippen molar-refractivity contribution in [3.63, 3.8) is 0 Å². The maximum absolute atomic E-state index is 11.9. The first kappa shape index (κ1) is 17.5. The van der Waals surface area contributed by atoms with Gasteiger partial charge >= 0.3 is 6.09 Å². The van der Waals surface area contributed by atoms with E-state index >= 15 is 0 Å². The molecule has 0 spiro atoms. The highest BCUT2D eigenvalue weighted by Crippen LogP contribution is 2.48. The average molecular weight is 313 g/mol. The van der Waals surface area contributed by atoms with Crippen LogP contribution in [0.15, 0.2) is 0 Å². The molecule has 5 heteroatoms. The van der Waals surface area contributed by atoms with Crippen LogP contribution in [-0.2, 0) is 9.47 Å². The summed E-state index contributed by atoms with van der Waals surface area (Å²) in [5.74, 6) is 0.508. The topological polar surface area (TPSA) is 67.8 Å². The summed E-state index contributed by atoms with van der Waals surface area (Å²) in [4.78, 5) is 11.9. The van der Waals surface area contributed by atoms with Gasteiger partial charge in [-0.25, -0.2) is 4.79 Å². The molecule has 1 heterocycles. The molecule has 5 nitrogen and oxygen atoms in total. The number of aliphatic hydroxyl groups is 1. The highest BCUT2D eigenvalue weighted by Gasteiger charge is 2.45. The van der Waals surface area contributed by atoms with Gasteiger partial charge in [0.15, 0.2) is 0 Å². The Morgan fingerprint density at radius 2 is 2.05 bits per heavy atom. The Balaban J connectivity index is 1.86. The highest BCUT2D eigenvalue weighted by atomic mass is 16.6. The van der Waals surface area contributed by atoms with Crippen molar-refractivity contribution in [2.45, 2.75) is 71.0 Å². The third-order valence-electron chi connectivity index (χ3n) is 4.73. The van der Waals surface area contributed by atoms with Crippen molar-refractivity contribution in [2.24, 2.45) is 11.3 Å². The highest BCUT2D eigenvalue weighted by molar-refractivity contribution is 5.67. The molecule has 2 aliphatic rings. The van der Waals surface area contributed by atoms with Crippen molar-refractivity contribution in [1.29, 1.82) is 0 Å². The maximum Gasteiger partial charge on any atom is 0.407 e. The fraction of sp³-hybridized carbons (Fsp3) is 0.941. The van der Waals surface area contributed by atoms with E-state index in [0.29, 0.717) is 18.6 Å². The molecule has 2 fully saturated rings. The van der Waals surface area contributed by atoms with E-state index in [1.54, 1.807) is 0 Å². The van der Waals surface area contributed by atoms with Crippen LogP contribution in [0, 0.1) is 11.3 Å². The molecule has 128 valence electrons. The Kier molecular flexibility index (Phi) is 5.72. The number of hydrogen-bond donors (Lipinski definition) is 2. The first-order valence-electron chi connectivity index (χ1n) is 8.54. The van der Waals surface area contributed by atoms with Gasteiger partial charge in [0.2, 0.25) is 0 Å². The molecule has 2 rings (SSSR count). The van der Waals surface area contributed by atoms with Gasteiger partial charge in [-0.05, 0) is 65.2 Å². The van der Waals surface area contributed by atoms with Crippen LogP contribution in [0.3, 0.4) is 0 Å². The van der Waals surface area contributed by atoms with Crippen LogP contribution in [0.2, 0.25) is 0 Å². The van der Waals surface area contributed by atoms with Gasteiger partial charge in [-0.15, -0.1) is 0 Å². The molecule has 1 amide bonds. The Morgan fingerprint density at radius 3 is 2.55 bits per heavy atom. The lowest BCUT2D eigenvalue weighted by Gasteiger charge is -2.33. The van der Waals surface area contributed by atoms with Gasteiger partial charge in [0.25, 0.3) is 0 Å². The van der Waals surface area contributed by atoms with Crippen LogP contribution >= 0.6 is 0 Å². The molecular weight excluding hydrogens is 282 g/mol. The van der Waals surface area contributed by atoms with E-state index in [1.807, 2.05) is 20.8 Å². The second-order valence-electron chi connectivity index (χ2n) is 7.82. The number of carbonyl (C=O) groups excluding carboxylic acids is 1. The lowest BCUT2D eigenvalue weighted by molar-refractivity contribution is 0.0351. The van der Waals surface area contributed by atoms with Gasteiger partial charge in [-0.2, -0.15) is 0 Å². The van der Waals surface area contributed by atoms with Crippen molar-refractivity contribution in [2.75, 3.05) is 19.8 Å². The average Bonchev–Trinajstić information content (AvgIpc) is 3.15. The zero-order chi connectivity index (χ0) is 16.2. The minimum Gasteiger partial charge on any atom is -0.444 e. The Bertz CT molecular complexity index is 369. The van der Waals surface area contributed by atoms with E-state index < -0.39 is 11.7 Å². The largest absolute Gasteiger partial charge is 0.444 e. The molecular formula is C17H31NO4. The summed E-state index contributed by atoms with van der Waals surface area (Å²) in [5, 5.41) is 12.8. The number of nitrogens with one attached hydrogen (secondary N) is 1. The summed E-state index contributed by atoms with van der Waals surface area (Å²) >= 11 is 0. The first-order valence-corrected chi connectivity index (χ1v) is 8.54. The monoisotopic (exact) mass is 313 g/mol. The third-order valence-corrected chi connectivity index (χ3v) is 4.73. The number of ether oxygens (including phenoxy) is 2. The molecule has 0 aromatic heterocycles. The van der Waals surface area contributed by atoms with Crippen LogP contribution in [0.4, 0.5) is 4.79 Å². The molecule has 0 radical (unpaired) electrons. The zero-order valence-corrected chi connectivity index (χ0v) is 14.2. The molecule has 1 aliphatic carbocycles. The summed E-state index contributed by atoms with van der Waals surface area (Å²) in [6.45, 7) is 7.00. The van der Waals surface area contributed by atoms with Crippen LogP contribution < -0.4 is 5.32 Å². The van der Waals surface area contributed by atoms with E-state index in [1.165, 1.54) is 0 Å². The minimum absolute atomic E-state index is 0.111. The normalized spacial score (nSPS) is 24.8. The van der Waals surface area contributed by atoms with Crippen LogP contribution in [0.25, 0.3) is 0 Å². The quantitative estimate of drug-likeness (QED) is 0.758. The van der Waals surface area contributed by atoms with Gasteiger partial charge < -0.3 is 19.9 Å². The Morgan fingerprint density at radius 1 is 1.32 bits per heavy atom. The summed E-state index contributed by atoms with van der Waals surface area (Å²) in [6.07, 6.45) is 6.32. The molecule has 1 saturated heterocycles. The number of aliphatic hydroxyl groups excluding tert-OH is 1. The van der Waals surface area contributed by atoms with E-state index in [-0.39, 0.29) is 12.0 Å². The molecule has 2 unspecified atom stereocenters. The second kappa shape index (κ2) is 7.18. The second-order valence-corrected chi connectivity index (χ2v) is 7.82. The van der Waals surface area contributed by atoms with Gasteiger partial charge in [0, 0.05) is 18.6 Å². The number of rotatable bonds is 7. The molecule has 0 bridgehead atoms. The molecule has 1 saturated carbocycles. The van der Waals surface area contributed by atoms with E-state index in [4.69, 9.17) is 9.47 Å². The third kappa shape index (κ3) is 5.13. The summed E-state index contributed by atoms with van der Waals surface area (Å²) in [6, 6.07) is 0. The molecule has 22 heavy (non-hydrogen) atoms. The fourth-order valence-electron chi connectivity index (χ4n) is 3.28. The van der Waals surface area contributed by atoms with Crippen molar-refractivity contribution in [3.8, 4) is 0 Å². The Hall–Kier alpha value is -0.810. The standard InChI is InChI=1S/C17H31NO4/c1-16(2,3)22-15(20)18-11-17(12-19,13-6-7-13)9-8-14-5-4-10-21-14/h13-14,19H,4-12H2,1-3H3,(H,18,20). The fourth-order valence-corrected chi connectivity index (χ4v) is 3.28. The lowest BCUT2D eigenvalue weighted by atomic mass is 9.78. The van der Waals surface area contributed by atoms with Crippen molar-refractivity contribution in [1.82, 2.24) is 5.32 Å². The van der Waals surface area contributed by atoms with Crippen molar-refractivity contribution in [3.05, 3.63) is 0 Å². The van der Waals surface area contributed by atoms with Crippen LogP contribution in [0.5, 0.6) is 0 Å². The molecule has 2 atom stereocenters. The predicted octanol–water partition coefficient (Wildman–Crippen LogP) is 2.86. The number of amides is 1. The molecule has 0 aromatic carbocycles.